The average Bonchev–Trinajstić information content (AvgIpc) is 2.61. The van der Waals surface area contributed by atoms with Gasteiger partial charge in [-0.3, -0.25) is 9.59 Å². The molecule has 1 aliphatic carbocycles. The van der Waals surface area contributed by atoms with E-state index in [9.17, 15) is 18.4 Å². The van der Waals surface area contributed by atoms with Gasteiger partial charge in [-0.15, -0.1) is 0 Å². The summed E-state index contributed by atoms with van der Waals surface area (Å²) in [5.74, 6) is -1.46. The molecule has 132 valence electrons. The lowest BCUT2D eigenvalue weighted by atomic mass is 9.73. The van der Waals surface area contributed by atoms with Crippen LogP contribution in [0.2, 0.25) is 0 Å². The second kappa shape index (κ2) is 6.48. The minimum absolute atomic E-state index is 0.0464. The molecule has 1 heterocycles. The summed E-state index contributed by atoms with van der Waals surface area (Å²) >= 11 is 0. The highest BCUT2D eigenvalue weighted by atomic mass is 19.1. The van der Waals surface area contributed by atoms with Crippen molar-refractivity contribution in [2.24, 2.45) is 0 Å². The molecule has 0 saturated heterocycles. The molecule has 2 aromatic rings. The number of Topliss-reactive ketones (excluding diaryl/α,β-unsaturated/α-hetero) is 1. The fourth-order valence-corrected chi connectivity index (χ4v) is 3.94. The quantitative estimate of drug-likeness (QED) is 0.888. The maximum atomic E-state index is 13.6. The molecule has 0 fully saturated rings. The van der Waals surface area contributed by atoms with Crippen molar-refractivity contribution in [1.29, 1.82) is 0 Å². The first-order chi connectivity index (χ1) is 12.5. The van der Waals surface area contributed by atoms with E-state index in [0.717, 1.165) is 5.56 Å². The van der Waals surface area contributed by atoms with E-state index >= 15 is 0 Å². The van der Waals surface area contributed by atoms with Crippen LogP contribution in [-0.4, -0.2) is 11.7 Å². The molecular formula is C21H17F2NO2. The molecule has 4 rings (SSSR count). The highest BCUT2D eigenvalue weighted by molar-refractivity contribution is 6.02. The van der Waals surface area contributed by atoms with E-state index in [-0.39, 0.29) is 35.7 Å². The summed E-state index contributed by atoms with van der Waals surface area (Å²) in [7, 11) is 0. The fourth-order valence-electron chi connectivity index (χ4n) is 3.94. The zero-order chi connectivity index (χ0) is 18.3. The number of halogens is 2. The van der Waals surface area contributed by atoms with Crippen LogP contribution in [0.1, 0.15) is 42.2 Å². The van der Waals surface area contributed by atoms with Gasteiger partial charge in [0.25, 0.3) is 0 Å². The lowest BCUT2D eigenvalue weighted by Gasteiger charge is -2.34. The Morgan fingerprint density at radius 1 is 0.846 bits per heavy atom. The predicted molar refractivity (Wildman–Crippen MR) is 92.3 cm³/mol. The molecule has 1 aliphatic heterocycles. The van der Waals surface area contributed by atoms with E-state index in [1.807, 2.05) is 0 Å². The Balaban J connectivity index is 1.71. The van der Waals surface area contributed by atoms with Gasteiger partial charge >= 0.3 is 0 Å². The van der Waals surface area contributed by atoms with E-state index < -0.39 is 5.92 Å². The van der Waals surface area contributed by atoms with Crippen molar-refractivity contribution >= 4 is 11.7 Å². The van der Waals surface area contributed by atoms with Gasteiger partial charge in [0.2, 0.25) is 5.91 Å². The minimum atomic E-state index is -0.420. The molecule has 0 saturated carbocycles. The molecule has 3 nitrogen and oxygen atoms in total. The van der Waals surface area contributed by atoms with E-state index in [4.69, 9.17) is 0 Å². The summed E-state index contributed by atoms with van der Waals surface area (Å²) in [5.41, 5.74) is 2.70. The van der Waals surface area contributed by atoms with Gasteiger partial charge in [-0.2, -0.15) is 0 Å². The third-order valence-electron chi connectivity index (χ3n) is 5.13. The third kappa shape index (κ3) is 3.05. The Morgan fingerprint density at radius 2 is 1.62 bits per heavy atom. The Hall–Kier alpha value is -2.82. The summed E-state index contributed by atoms with van der Waals surface area (Å²) in [6.07, 6.45) is 0.936. The highest BCUT2D eigenvalue weighted by Crippen LogP contribution is 2.42. The number of hydrogen-bond donors (Lipinski definition) is 1. The van der Waals surface area contributed by atoms with Crippen molar-refractivity contribution in [3.8, 4) is 0 Å². The second-order valence-corrected chi connectivity index (χ2v) is 6.83. The van der Waals surface area contributed by atoms with Crippen LogP contribution in [0.3, 0.4) is 0 Å². The molecule has 26 heavy (non-hydrogen) atoms. The third-order valence-corrected chi connectivity index (χ3v) is 5.13. The topological polar surface area (TPSA) is 46.2 Å². The molecule has 0 spiro atoms. The molecule has 2 atom stereocenters. The summed E-state index contributed by atoms with van der Waals surface area (Å²) in [4.78, 5) is 25.1. The van der Waals surface area contributed by atoms with Gasteiger partial charge in [0.1, 0.15) is 11.6 Å². The van der Waals surface area contributed by atoms with Crippen LogP contribution < -0.4 is 5.32 Å². The largest absolute Gasteiger partial charge is 0.329 e. The van der Waals surface area contributed by atoms with Gasteiger partial charge in [-0.25, -0.2) is 8.78 Å². The molecule has 1 amide bonds. The first-order valence-electron chi connectivity index (χ1n) is 8.58. The van der Waals surface area contributed by atoms with Crippen molar-refractivity contribution in [2.45, 2.75) is 31.1 Å². The van der Waals surface area contributed by atoms with Crippen molar-refractivity contribution in [1.82, 2.24) is 5.32 Å². The molecular weight excluding hydrogens is 336 g/mol. The molecule has 2 aromatic carbocycles. The van der Waals surface area contributed by atoms with Crippen LogP contribution >= 0.6 is 0 Å². The summed E-state index contributed by atoms with van der Waals surface area (Å²) < 4.78 is 26.8. The standard InChI is InChI=1S/C21H17F2NO2/c22-15-6-4-12(5-7-15)14-9-18-21(19(25)10-14)17(11-20(26)24-18)13-2-1-3-16(23)8-13/h1-8,14,17H,9-11H2,(H,24,26)/t14-,17+/m0/s1. The average molecular weight is 353 g/mol. The summed E-state index contributed by atoms with van der Waals surface area (Å²) in [5, 5.41) is 2.83. The summed E-state index contributed by atoms with van der Waals surface area (Å²) in [6, 6.07) is 12.2. The number of carbonyl (C=O) groups excluding carboxylic acids is 2. The normalized spacial score (nSPS) is 22.8. The monoisotopic (exact) mass is 353 g/mol. The number of carbonyl (C=O) groups is 2. The van der Waals surface area contributed by atoms with Gasteiger partial charge in [0.05, 0.1) is 0 Å². The van der Waals surface area contributed by atoms with Gasteiger partial charge in [-0.1, -0.05) is 24.3 Å². The first-order valence-corrected chi connectivity index (χ1v) is 8.58. The number of ketones is 1. The Labute approximate surface area is 149 Å². The molecule has 5 heteroatoms. The number of benzene rings is 2. The molecule has 0 aromatic heterocycles. The fraction of sp³-hybridized carbons (Fsp3) is 0.238. The first kappa shape index (κ1) is 16.6. The predicted octanol–water partition coefficient (Wildman–Crippen LogP) is 3.97. The van der Waals surface area contributed by atoms with Crippen LogP contribution in [0.5, 0.6) is 0 Å². The molecule has 0 radical (unpaired) electrons. The lowest BCUT2D eigenvalue weighted by Crippen LogP contribution is -2.38. The molecule has 0 bridgehead atoms. The number of allylic oxidation sites excluding steroid dienone is 2. The van der Waals surface area contributed by atoms with Crippen molar-refractivity contribution < 1.29 is 18.4 Å². The Kier molecular flexibility index (Phi) is 4.15. The van der Waals surface area contributed by atoms with Gasteiger partial charge in [0, 0.05) is 30.0 Å². The molecule has 1 N–H and O–H groups in total. The molecule has 0 unspecified atom stereocenters. The number of rotatable bonds is 2. The van der Waals surface area contributed by atoms with E-state index in [1.54, 1.807) is 24.3 Å². The zero-order valence-electron chi connectivity index (χ0n) is 14.0. The van der Waals surface area contributed by atoms with E-state index in [0.29, 0.717) is 29.7 Å². The minimum Gasteiger partial charge on any atom is -0.329 e. The summed E-state index contributed by atoms with van der Waals surface area (Å²) in [6.45, 7) is 0. The van der Waals surface area contributed by atoms with Crippen molar-refractivity contribution in [2.75, 3.05) is 0 Å². The second-order valence-electron chi connectivity index (χ2n) is 6.83. The Bertz CT molecular complexity index is 918. The maximum absolute atomic E-state index is 13.6. The number of nitrogens with one attached hydrogen (secondary N) is 1. The lowest BCUT2D eigenvalue weighted by molar-refractivity contribution is -0.122. The zero-order valence-corrected chi connectivity index (χ0v) is 14.0. The van der Waals surface area contributed by atoms with Crippen molar-refractivity contribution in [3.05, 3.63) is 82.6 Å². The molecule has 2 aliphatic rings. The SMILES string of the molecule is O=C1C[C@H](c2cccc(F)c2)C2=C(C[C@H](c3ccc(F)cc3)CC2=O)N1. The van der Waals surface area contributed by atoms with Crippen LogP contribution in [0.4, 0.5) is 8.78 Å². The van der Waals surface area contributed by atoms with Gasteiger partial charge in [-0.05, 0) is 47.7 Å². The number of hydrogen-bond acceptors (Lipinski definition) is 2. The van der Waals surface area contributed by atoms with Crippen LogP contribution in [0.15, 0.2) is 59.8 Å². The van der Waals surface area contributed by atoms with Crippen LogP contribution in [0, 0.1) is 11.6 Å². The highest BCUT2D eigenvalue weighted by Gasteiger charge is 2.38. The smallest absolute Gasteiger partial charge is 0.225 e. The van der Waals surface area contributed by atoms with E-state index in [1.165, 1.54) is 24.3 Å². The van der Waals surface area contributed by atoms with E-state index in [2.05, 4.69) is 5.32 Å². The van der Waals surface area contributed by atoms with Gasteiger partial charge < -0.3 is 5.32 Å². The Morgan fingerprint density at radius 3 is 2.35 bits per heavy atom. The maximum Gasteiger partial charge on any atom is 0.225 e. The van der Waals surface area contributed by atoms with Crippen molar-refractivity contribution in [3.63, 3.8) is 0 Å². The van der Waals surface area contributed by atoms with Crippen LogP contribution in [0.25, 0.3) is 0 Å². The van der Waals surface area contributed by atoms with Gasteiger partial charge in [0.15, 0.2) is 5.78 Å². The van der Waals surface area contributed by atoms with Crippen LogP contribution in [-0.2, 0) is 9.59 Å². The number of amides is 1.